The predicted octanol–water partition coefficient (Wildman–Crippen LogP) is 5.30. The fourth-order valence-electron chi connectivity index (χ4n) is 4.09. The summed E-state index contributed by atoms with van der Waals surface area (Å²) < 4.78 is 21.5. The number of imidazole rings is 1. The lowest BCUT2D eigenvalue weighted by Crippen LogP contribution is -2.26. The first-order chi connectivity index (χ1) is 16.6. The summed E-state index contributed by atoms with van der Waals surface area (Å²) in [6.45, 7) is 1.12. The molecule has 3 aromatic carbocycles. The second-order valence-electron chi connectivity index (χ2n) is 8.38. The van der Waals surface area contributed by atoms with Gasteiger partial charge in [0.25, 0.3) is 0 Å². The lowest BCUT2D eigenvalue weighted by atomic mass is 10.1. The van der Waals surface area contributed by atoms with E-state index in [1.54, 1.807) is 13.2 Å². The number of benzene rings is 3. The average Bonchev–Trinajstić information content (AvgIpc) is 3.20. The molecule has 1 amide bonds. The molecule has 0 saturated heterocycles. The van der Waals surface area contributed by atoms with Gasteiger partial charge in [-0.1, -0.05) is 48.9 Å². The van der Waals surface area contributed by atoms with E-state index in [9.17, 15) is 9.18 Å². The normalized spacial score (nSPS) is 11.0. The molecular weight excluding hydrogens is 429 g/mol. The summed E-state index contributed by atoms with van der Waals surface area (Å²) in [5.41, 5.74) is 3.57. The minimum atomic E-state index is -0.198. The Kier molecular flexibility index (Phi) is 7.91. The number of para-hydroxylation sites is 2. The van der Waals surface area contributed by atoms with E-state index in [1.165, 1.54) is 6.07 Å². The van der Waals surface area contributed by atoms with E-state index in [0.717, 1.165) is 53.9 Å². The van der Waals surface area contributed by atoms with E-state index in [2.05, 4.69) is 9.88 Å². The molecule has 176 valence electrons. The average molecular weight is 460 g/mol. The number of aromatic nitrogens is 2. The van der Waals surface area contributed by atoms with Gasteiger partial charge in [-0.15, -0.1) is 0 Å². The molecule has 0 aliphatic rings. The van der Waals surface area contributed by atoms with Crippen LogP contribution in [-0.4, -0.2) is 29.1 Å². The molecule has 0 saturated carbocycles. The summed E-state index contributed by atoms with van der Waals surface area (Å²) in [5, 5.41) is 3.00. The van der Waals surface area contributed by atoms with Crippen LogP contribution in [-0.2, 0) is 24.2 Å². The second kappa shape index (κ2) is 11.5. The number of carbonyl (C=O) groups is 1. The third-order valence-electron chi connectivity index (χ3n) is 5.94. The highest BCUT2D eigenvalue weighted by Gasteiger charge is 2.12. The van der Waals surface area contributed by atoms with Crippen LogP contribution < -0.4 is 10.1 Å². The number of hydrogen-bond donors (Lipinski definition) is 1. The number of nitrogens with zero attached hydrogens (tertiary/aromatic N) is 2. The highest BCUT2D eigenvalue weighted by molar-refractivity contribution is 5.78. The monoisotopic (exact) mass is 459 g/mol. The minimum absolute atomic E-state index is 0.0249. The van der Waals surface area contributed by atoms with Crippen LogP contribution in [0, 0.1) is 5.82 Å². The van der Waals surface area contributed by atoms with E-state index in [-0.39, 0.29) is 11.7 Å². The number of nitrogens with one attached hydrogen (secondary N) is 1. The number of unbranched alkanes of at least 4 members (excludes halogenated alkanes) is 2. The summed E-state index contributed by atoms with van der Waals surface area (Å²) in [6, 6.07) is 22.4. The number of fused-ring (bicyclic) bond motifs is 1. The van der Waals surface area contributed by atoms with Gasteiger partial charge in [0.2, 0.25) is 5.91 Å². The van der Waals surface area contributed by atoms with Crippen LogP contribution in [0.25, 0.3) is 11.0 Å². The molecule has 0 aliphatic carbocycles. The van der Waals surface area contributed by atoms with Crippen molar-refractivity contribution in [3.8, 4) is 5.75 Å². The van der Waals surface area contributed by atoms with Crippen molar-refractivity contribution < 1.29 is 13.9 Å². The lowest BCUT2D eigenvalue weighted by molar-refractivity contribution is -0.120. The van der Waals surface area contributed by atoms with Crippen molar-refractivity contribution in [1.29, 1.82) is 0 Å². The van der Waals surface area contributed by atoms with Crippen molar-refractivity contribution in [2.45, 2.75) is 38.6 Å². The van der Waals surface area contributed by atoms with Crippen molar-refractivity contribution in [1.82, 2.24) is 14.9 Å². The summed E-state index contributed by atoms with van der Waals surface area (Å²) in [4.78, 5) is 17.0. The second-order valence-corrected chi connectivity index (χ2v) is 8.38. The van der Waals surface area contributed by atoms with E-state index < -0.39 is 0 Å². The quantitative estimate of drug-likeness (QED) is 0.310. The number of amides is 1. The topological polar surface area (TPSA) is 56.1 Å². The maximum Gasteiger partial charge on any atom is 0.224 e. The highest BCUT2D eigenvalue weighted by atomic mass is 19.1. The van der Waals surface area contributed by atoms with Crippen LogP contribution in [0.4, 0.5) is 4.39 Å². The Bertz CT molecular complexity index is 1230. The van der Waals surface area contributed by atoms with Crippen LogP contribution in [0.2, 0.25) is 0 Å². The highest BCUT2D eigenvalue weighted by Crippen LogP contribution is 2.20. The summed E-state index contributed by atoms with van der Waals surface area (Å²) >= 11 is 0. The molecule has 4 rings (SSSR count). The molecule has 1 heterocycles. The Morgan fingerprint density at radius 3 is 2.53 bits per heavy atom. The van der Waals surface area contributed by atoms with Gasteiger partial charge in [0.05, 0.1) is 31.1 Å². The third-order valence-corrected chi connectivity index (χ3v) is 5.94. The molecule has 0 radical (unpaired) electrons. The van der Waals surface area contributed by atoms with Gasteiger partial charge < -0.3 is 14.6 Å². The van der Waals surface area contributed by atoms with Crippen LogP contribution in [0.1, 0.15) is 36.2 Å². The molecular formula is C28H30FN3O2. The van der Waals surface area contributed by atoms with Gasteiger partial charge in [0.15, 0.2) is 0 Å². The van der Waals surface area contributed by atoms with Gasteiger partial charge in [0.1, 0.15) is 17.4 Å². The number of halogens is 1. The smallest absolute Gasteiger partial charge is 0.224 e. The standard InChI is InChI=1S/C28H30FN3O2/c1-34-23-16-14-21(15-17-23)19-28(33)30-18-8-2-3-13-27-31-25-11-6-7-12-26(25)32(27)20-22-9-4-5-10-24(22)29/h4-7,9-12,14-17H,2-3,8,13,18-20H2,1H3,(H,30,33). The predicted molar refractivity (Wildman–Crippen MR) is 132 cm³/mol. The van der Waals surface area contributed by atoms with Crippen molar-refractivity contribution in [3.05, 3.63) is 95.6 Å². The van der Waals surface area contributed by atoms with Crippen molar-refractivity contribution in [3.63, 3.8) is 0 Å². The van der Waals surface area contributed by atoms with Crippen molar-refractivity contribution in [2.75, 3.05) is 13.7 Å². The molecule has 0 fully saturated rings. The third kappa shape index (κ3) is 6.01. The zero-order valence-electron chi connectivity index (χ0n) is 19.5. The molecule has 0 aliphatic heterocycles. The molecule has 1 aromatic heterocycles. The molecule has 1 N–H and O–H groups in total. The van der Waals surface area contributed by atoms with Gasteiger partial charge in [-0.25, -0.2) is 9.37 Å². The maximum atomic E-state index is 14.3. The first-order valence-electron chi connectivity index (χ1n) is 11.7. The zero-order valence-corrected chi connectivity index (χ0v) is 19.5. The van der Waals surface area contributed by atoms with Gasteiger partial charge in [0, 0.05) is 18.5 Å². The summed E-state index contributed by atoms with van der Waals surface area (Å²) in [7, 11) is 1.63. The number of aryl methyl sites for hydroxylation is 1. The van der Waals surface area contributed by atoms with Gasteiger partial charge in [-0.2, -0.15) is 0 Å². The fraction of sp³-hybridized carbons (Fsp3) is 0.286. The SMILES string of the molecule is COc1ccc(CC(=O)NCCCCCc2nc3ccccc3n2Cc2ccccc2F)cc1. The molecule has 6 heteroatoms. The number of carbonyl (C=O) groups excluding carboxylic acids is 1. The van der Waals surface area contributed by atoms with E-state index in [0.29, 0.717) is 25.1 Å². The van der Waals surface area contributed by atoms with Crippen LogP contribution in [0.5, 0.6) is 5.75 Å². The molecule has 0 spiro atoms. The Balaban J connectivity index is 1.26. The Labute approximate surface area is 199 Å². The first kappa shape index (κ1) is 23.5. The maximum absolute atomic E-state index is 14.3. The fourth-order valence-corrected chi connectivity index (χ4v) is 4.09. The van der Waals surface area contributed by atoms with Gasteiger partial charge in [-0.3, -0.25) is 4.79 Å². The summed E-state index contributed by atoms with van der Waals surface area (Å²) in [6.07, 6.45) is 4.01. The lowest BCUT2D eigenvalue weighted by Gasteiger charge is -2.10. The number of rotatable bonds is 11. The van der Waals surface area contributed by atoms with E-state index >= 15 is 0 Å². The van der Waals surface area contributed by atoms with Crippen LogP contribution >= 0.6 is 0 Å². The van der Waals surface area contributed by atoms with Crippen molar-refractivity contribution >= 4 is 16.9 Å². The Morgan fingerprint density at radius 1 is 0.971 bits per heavy atom. The molecule has 0 atom stereocenters. The number of hydrogen-bond acceptors (Lipinski definition) is 3. The van der Waals surface area contributed by atoms with Crippen molar-refractivity contribution in [2.24, 2.45) is 0 Å². The van der Waals surface area contributed by atoms with Crippen LogP contribution in [0.3, 0.4) is 0 Å². The zero-order chi connectivity index (χ0) is 23.8. The van der Waals surface area contributed by atoms with Gasteiger partial charge >= 0.3 is 0 Å². The van der Waals surface area contributed by atoms with E-state index in [4.69, 9.17) is 9.72 Å². The molecule has 0 bridgehead atoms. The number of methoxy groups -OCH3 is 1. The van der Waals surface area contributed by atoms with E-state index in [1.807, 2.05) is 60.7 Å². The molecule has 34 heavy (non-hydrogen) atoms. The Morgan fingerprint density at radius 2 is 1.74 bits per heavy atom. The number of ether oxygens (including phenoxy) is 1. The largest absolute Gasteiger partial charge is 0.497 e. The Hall–Kier alpha value is -3.67. The summed E-state index contributed by atoms with van der Waals surface area (Å²) in [5.74, 6) is 1.58. The molecule has 4 aromatic rings. The van der Waals surface area contributed by atoms with Crippen LogP contribution in [0.15, 0.2) is 72.8 Å². The first-order valence-corrected chi connectivity index (χ1v) is 11.7. The molecule has 0 unspecified atom stereocenters. The van der Waals surface area contributed by atoms with Gasteiger partial charge in [-0.05, 0) is 48.7 Å². The molecule has 5 nitrogen and oxygen atoms in total. The minimum Gasteiger partial charge on any atom is -0.497 e.